The topological polar surface area (TPSA) is 17.1 Å². The Morgan fingerprint density at radius 1 is 0.720 bits per heavy atom. The Labute approximate surface area is 164 Å². The molecule has 25 heavy (non-hydrogen) atoms. The van der Waals surface area contributed by atoms with Crippen molar-refractivity contribution in [3.8, 4) is 11.1 Å². The molecule has 1 nitrogen and oxygen atoms in total. The van der Waals surface area contributed by atoms with Gasteiger partial charge in [-0.3, -0.25) is 4.79 Å². The van der Waals surface area contributed by atoms with Crippen LogP contribution in [0.5, 0.6) is 0 Å². The van der Waals surface area contributed by atoms with Crippen LogP contribution in [0.25, 0.3) is 11.1 Å². The summed E-state index contributed by atoms with van der Waals surface area (Å²) in [6.45, 7) is 4.37. The van der Waals surface area contributed by atoms with Gasteiger partial charge in [0.1, 0.15) is 0 Å². The maximum Gasteiger partial charge on any atom is 0.193 e. The lowest BCUT2D eigenvalue weighted by Crippen LogP contribution is -2.30. The lowest BCUT2D eigenvalue weighted by molar-refractivity contribution is 0.103. The predicted molar refractivity (Wildman–Crippen MR) is 109 cm³/mol. The minimum atomic E-state index is -0.184. The van der Waals surface area contributed by atoms with Crippen LogP contribution in [0.4, 0.5) is 0 Å². The number of carbonyl (C=O) groups excluding carboxylic acids is 1. The lowest BCUT2D eigenvalue weighted by atomic mass is 9.68. The zero-order valence-corrected chi connectivity index (χ0v) is 17.1. The molecule has 3 aromatic carbocycles. The summed E-state index contributed by atoms with van der Waals surface area (Å²) in [6.07, 6.45) is 0. The van der Waals surface area contributed by atoms with E-state index in [0.717, 1.165) is 42.3 Å². The maximum atomic E-state index is 13.1. The van der Waals surface area contributed by atoms with Gasteiger partial charge in [-0.1, -0.05) is 82.1 Å². The van der Waals surface area contributed by atoms with Crippen molar-refractivity contribution in [3.05, 3.63) is 91.9 Å². The van der Waals surface area contributed by atoms with Gasteiger partial charge in [0.25, 0.3) is 0 Å². The van der Waals surface area contributed by atoms with E-state index in [9.17, 15) is 4.79 Å². The van der Waals surface area contributed by atoms with Gasteiger partial charge in [0.2, 0.25) is 0 Å². The van der Waals surface area contributed by atoms with Crippen molar-refractivity contribution < 1.29 is 4.79 Å². The van der Waals surface area contributed by atoms with E-state index in [-0.39, 0.29) is 11.2 Å². The fraction of sp³-hybridized carbons (Fsp3) is 0.136. The van der Waals surface area contributed by atoms with Gasteiger partial charge in [-0.25, -0.2) is 0 Å². The first-order chi connectivity index (χ1) is 11.9. The number of hydrogen-bond donors (Lipinski definition) is 0. The smallest absolute Gasteiger partial charge is 0.193 e. The molecule has 0 aromatic heterocycles. The number of rotatable bonds is 1. The number of benzene rings is 3. The minimum Gasteiger partial charge on any atom is -0.289 e. The standard InChI is InChI=1S/C22H16Br2O/c1-22(2)19-6-4-3-5-17(19)21(25)18-11-13(7-8-20(18)22)14-9-15(23)12-16(24)10-14/h3-12H,1-2H3. The highest BCUT2D eigenvalue weighted by Gasteiger charge is 2.36. The first-order valence-corrected chi connectivity index (χ1v) is 9.72. The van der Waals surface area contributed by atoms with E-state index in [0.29, 0.717) is 0 Å². The van der Waals surface area contributed by atoms with Crippen molar-refractivity contribution >= 4 is 37.6 Å². The summed E-state index contributed by atoms with van der Waals surface area (Å²) >= 11 is 7.08. The molecule has 1 aliphatic carbocycles. The van der Waals surface area contributed by atoms with Crippen LogP contribution in [-0.4, -0.2) is 5.78 Å². The molecule has 0 bridgehead atoms. The van der Waals surface area contributed by atoms with Gasteiger partial charge in [-0.05, 0) is 46.5 Å². The molecule has 0 aliphatic heterocycles. The summed E-state index contributed by atoms with van der Waals surface area (Å²) in [6, 6.07) is 20.3. The Bertz CT molecular complexity index is 998. The fourth-order valence-electron chi connectivity index (χ4n) is 3.69. The zero-order chi connectivity index (χ0) is 17.8. The highest BCUT2D eigenvalue weighted by Crippen LogP contribution is 2.42. The first-order valence-electron chi connectivity index (χ1n) is 8.13. The van der Waals surface area contributed by atoms with Gasteiger partial charge in [-0.2, -0.15) is 0 Å². The van der Waals surface area contributed by atoms with Gasteiger partial charge >= 0.3 is 0 Å². The summed E-state index contributed by atoms with van der Waals surface area (Å²) in [5, 5.41) is 0. The second-order valence-electron chi connectivity index (χ2n) is 6.92. The van der Waals surface area contributed by atoms with Gasteiger partial charge in [-0.15, -0.1) is 0 Å². The summed E-state index contributed by atoms with van der Waals surface area (Å²) in [4.78, 5) is 13.1. The molecule has 4 rings (SSSR count). The van der Waals surface area contributed by atoms with E-state index in [2.05, 4.69) is 76.0 Å². The lowest BCUT2D eigenvalue weighted by Gasteiger charge is -2.34. The Kier molecular flexibility index (Phi) is 3.97. The monoisotopic (exact) mass is 454 g/mol. The Morgan fingerprint density at radius 2 is 1.36 bits per heavy atom. The van der Waals surface area contributed by atoms with E-state index in [4.69, 9.17) is 0 Å². The molecule has 124 valence electrons. The molecule has 0 spiro atoms. The summed E-state index contributed by atoms with van der Waals surface area (Å²) in [7, 11) is 0. The van der Waals surface area contributed by atoms with E-state index in [1.165, 1.54) is 0 Å². The number of hydrogen-bond acceptors (Lipinski definition) is 1. The zero-order valence-electron chi connectivity index (χ0n) is 13.9. The largest absolute Gasteiger partial charge is 0.289 e. The third kappa shape index (κ3) is 2.70. The maximum absolute atomic E-state index is 13.1. The molecular weight excluding hydrogens is 440 g/mol. The van der Waals surface area contributed by atoms with Crippen molar-refractivity contribution in [1.29, 1.82) is 0 Å². The Balaban J connectivity index is 1.93. The van der Waals surface area contributed by atoms with Crippen molar-refractivity contribution in [2.24, 2.45) is 0 Å². The molecule has 3 heteroatoms. The molecule has 0 saturated heterocycles. The molecule has 0 N–H and O–H groups in total. The van der Waals surface area contributed by atoms with E-state index in [1.807, 2.05) is 30.3 Å². The quantitative estimate of drug-likeness (QED) is 0.396. The second-order valence-corrected chi connectivity index (χ2v) is 8.75. The van der Waals surface area contributed by atoms with Crippen LogP contribution in [-0.2, 0) is 5.41 Å². The molecular formula is C22H16Br2O. The second kappa shape index (κ2) is 5.93. The van der Waals surface area contributed by atoms with E-state index >= 15 is 0 Å². The van der Waals surface area contributed by atoms with Gasteiger partial charge in [0.15, 0.2) is 5.78 Å². The molecule has 0 fully saturated rings. The van der Waals surface area contributed by atoms with Crippen LogP contribution in [0.2, 0.25) is 0 Å². The highest BCUT2D eigenvalue weighted by atomic mass is 79.9. The van der Waals surface area contributed by atoms with Gasteiger partial charge < -0.3 is 0 Å². The summed E-state index contributed by atoms with van der Waals surface area (Å²) in [5.41, 5.74) is 5.75. The average molecular weight is 456 g/mol. The van der Waals surface area contributed by atoms with Crippen molar-refractivity contribution in [3.63, 3.8) is 0 Å². The highest BCUT2D eigenvalue weighted by molar-refractivity contribution is 9.11. The third-order valence-corrected chi connectivity index (χ3v) is 5.89. The molecule has 0 amide bonds. The van der Waals surface area contributed by atoms with Crippen LogP contribution < -0.4 is 0 Å². The molecule has 0 unspecified atom stereocenters. The van der Waals surface area contributed by atoms with E-state index < -0.39 is 0 Å². The van der Waals surface area contributed by atoms with Crippen LogP contribution in [0.3, 0.4) is 0 Å². The Morgan fingerprint density at radius 3 is 2.08 bits per heavy atom. The first kappa shape index (κ1) is 16.7. The molecule has 0 radical (unpaired) electrons. The SMILES string of the molecule is CC1(C)c2ccccc2C(=O)c2cc(-c3cc(Br)cc(Br)c3)ccc21. The molecule has 0 heterocycles. The number of halogens is 2. The number of carbonyl (C=O) groups is 1. The normalized spacial score (nSPS) is 14.8. The predicted octanol–water partition coefficient (Wildman–Crippen LogP) is 6.75. The third-order valence-electron chi connectivity index (χ3n) is 4.98. The summed E-state index contributed by atoms with van der Waals surface area (Å²) < 4.78 is 2.01. The van der Waals surface area contributed by atoms with Crippen molar-refractivity contribution in [1.82, 2.24) is 0 Å². The van der Waals surface area contributed by atoms with Crippen LogP contribution >= 0.6 is 31.9 Å². The molecule has 0 atom stereocenters. The van der Waals surface area contributed by atoms with Crippen molar-refractivity contribution in [2.75, 3.05) is 0 Å². The summed E-state index contributed by atoms with van der Waals surface area (Å²) in [5.74, 6) is 0.112. The molecule has 0 saturated carbocycles. The van der Waals surface area contributed by atoms with Gasteiger partial charge in [0.05, 0.1) is 0 Å². The average Bonchev–Trinajstić information content (AvgIpc) is 2.59. The van der Waals surface area contributed by atoms with Crippen LogP contribution in [0, 0.1) is 0 Å². The van der Waals surface area contributed by atoms with Crippen LogP contribution in [0.15, 0.2) is 69.6 Å². The fourth-order valence-corrected chi connectivity index (χ4v) is 4.99. The van der Waals surface area contributed by atoms with E-state index in [1.54, 1.807) is 0 Å². The van der Waals surface area contributed by atoms with Crippen molar-refractivity contribution in [2.45, 2.75) is 19.3 Å². The Hall–Kier alpha value is -1.71. The van der Waals surface area contributed by atoms with Crippen LogP contribution in [0.1, 0.15) is 40.9 Å². The number of ketones is 1. The minimum absolute atomic E-state index is 0.112. The van der Waals surface area contributed by atoms with Gasteiger partial charge in [0, 0.05) is 25.5 Å². The molecule has 1 aliphatic rings. The number of fused-ring (bicyclic) bond motifs is 2. The molecule has 3 aromatic rings.